The Bertz CT molecular complexity index is 639. The first-order valence-corrected chi connectivity index (χ1v) is 5.79. The summed E-state index contributed by atoms with van der Waals surface area (Å²) in [6, 6.07) is -0.881. The molecule has 0 aromatic carbocycles. The van der Waals surface area contributed by atoms with Crippen LogP contribution in [0.3, 0.4) is 0 Å². The molecule has 0 spiro atoms. The van der Waals surface area contributed by atoms with Gasteiger partial charge in [0.05, 0.1) is 19.3 Å². The van der Waals surface area contributed by atoms with Gasteiger partial charge in [-0.15, -0.1) is 13.2 Å². The standard InChI is InChI=1S/C10H11F3N6O3/c11-10(12,13)22-4-2-19(15)9(20)18-5-17-6(7(18)14)8-16-1-3-21-8/h1,3,5H,2,4,14-15H2. The number of nitrogen functional groups attached to an aromatic ring is 1. The zero-order valence-electron chi connectivity index (χ0n) is 10.9. The van der Waals surface area contributed by atoms with Crippen LogP contribution in [0.4, 0.5) is 23.8 Å². The predicted molar refractivity (Wildman–Crippen MR) is 65.8 cm³/mol. The Morgan fingerprint density at radius 2 is 2.18 bits per heavy atom. The molecule has 0 aliphatic carbocycles. The van der Waals surface area contributed by atoms with E-state index < -0.39 is 25.5 Å². The number of anilines is 1. The smallest absolute Gasteiger partial charge is 0.443 e. The molecular formula is C10H11F3N6O3. The summed E-state index contributed by atoms with van der Waals surface area (Å²) in [4.78, 5) is 19.6. The van der Waals surface area contributed by atoms with Crippen LogP contribution in [0.2, 0.25) is 0 Å². The molecule has 1 amide bonds. The third-order valence-electron chi connectivity index (χ3n) is 2.49. The highest BCUT2D eigenvalue weighted by Gasteiger charge is 2.29. The summed E-state index contributed by atoms with van der Waals surface area (Å²) >= 11 is 0. The number of alkyl halides is 3. The van der Waals surface area contributed by atoms with E-state index >= 15 is 0 Å². The fourth-order valence-electron chi connectivity index (χ4n) is 1.51. The molecule has 9 nitrogen and oxygen atoms in total. The number of oxazole rings is 1. The molecule has 2 aromatic rings. The summed E-state index contributed by atoms with van der Waals surface area (Å²) in [5.74, 6) is 5.35. The fourth-order valence-corrected chi connectivity index (χ4v) is 1.51. The first-order chi connectivity index (χ1) is 10.3. The van der Waals surface area contributed by atoms with Gasteiger partial charge in [0.25, 0.3) is 0 Å². The average molecular weight is 320 g/mol. The zero-order chi connectivity index (χ0) is 16.3. The van der Waals surface area contributed by atoms with Crippen molar-refractivity contribution in [2.75, 3.05) is 18.9 Å². The van der Waals surface area contributed by atoms with Gasteiger partial charge in [0, 0.05) is 0 Å². The topological polar surface area (TPSA) is 125 Å². The minimum Gasteiger partial charge on any atom is -0.443 e. The van der Waals surface area contributed by atoms with Gasteiger partial charge < -0.3 is 10.2 Å². The molecule has 0 atom stereocenters. The molecule has 0 aliphatic rings. The van der Waals surface area contributed by atoms with Crippen molar-refractivity contribution in [3.63, 3.8) is 0 Å². The zero-order valence-corrected chi connectivity index (χ0v) is 10.9. The monoisotopic (exact) mass is 320 g/mol. The van der Waals surface area contributed by atoms with E-state index in [1.807, 2.05) is 0 Å². The maximum Gasteiger partial charge on any atom is 0.522 e. The number of hydrogen-bond donors (Lipinski definition) is 2. The molecule has 2 heterocycles. The lowest BCUT2D eigenvalue weighted by Gasteiger charge is -2.17. The lowest BCUT2D eigenvalue weighted by Crippen LogP contribution is -2.43. The highest BCUT2D eigenvalue weighted by molar-refractivity contribution is 5.82. The van der Waals surface area contributed by atoms with Crippen molar-refractivity contribution < 1.29 is 27.1 Å². The molecule has 0 unspecified atom stereocenters. The number of hydrazine groups is 1. The van der Waals surface area contributed by atoms with Crippen LogP contribution in [0, 0.1) is 0 Å². The predicted octanol–water partition coefficient (Wildman–Crippen LogP) is 0.801. The lowest BCUT2D eigenvalue weighted by atomic mass is 10.4. The Balaban J connectivity index is 2.04. The quantitative estimate of drug-likeness (QED) is 0.485. The van der Waals surface area contributed by atoms with Crippen molar-refractivity contribution in [3.8, 4) is 11.6 Å². The Labute approximate surface area is 121 Å². The summed E-state index contributed by atoms with van der Waals surface area (Å²) in [6.45, 7) is -1.31. The molecule has 2 rings (SSSR count). The largest absolute Gasteiger partial charge is 0.522 e. The van der Waals surface area contributed by atoms with E-state index in [0.717, 1.165) is 10.9 Å². The summed E-state index contributed by atoms with van der Waals surface area (Å²) in [7, 11) is 0. The normalized spacial score (nSPS) is 11.6. The second kappa shape index (κ2) is 6.03. The van der Waals surface area contributed by atoms with Gasteiger partial charge in [-0.3, -0.25) is 9.75 Å². The summed E-state index contributed by atoms with van der Waals surface area (Å²) in [5, 5.41) is 0.517. The summed E-state index contributed by atoms with van der Waals surface area (Å²) in [5.41, 5.74) is 5.83. The van der Waals surface area contributed by atoms with Crippen molar-refractivity contribution in [2.24, 2.45) is 5.84 Å². The van der Waals surface area contributed by atoms with Crippen LogP contribution in [0.5, 0.6) is 0 Å². The first-order valence-electron chi connectivity index (χ1n) is 5.79. The number of halogens is 3. The molecule has 4 N–H and O–H groups in total. The van der Waals surface area contributed by atoms with Crippen molar-refractivity contribution in [1.82, 2.24) is 19.5 Å². The van der Waals surface area contributed by atoms with Crippen LogP contribution in [0.25, 0.3) is 11.6 Å². The van der Waals surface area contributed by atoms with Crippen molar-refractivity contribution >= 4 is 11.8 Å². The molecule has 0 saturated heterocycles. The maximum absolute atomic E-state index is 12.0. The number of carbonyl (C=O) groups excluding carboxylic acids is 1. The highest BCUT2D eigenvalue weighted by Crippen LogP contribution is 2.22. The number of amides is 1. The number of ether oxygens (including phenoxy) is 1. The Morgan fingerprint density at radius 3 is 2.77 bits per heavy atom. The minimum atomic E-state index is -4.80. The molecule has 0 radical (unpaired) electrons. The first kappa shape index (κ1) is 15.8. The number of nitrogens with zero attached hydrogens (tertiary/aromatic N) is 4. The third kappa shape index (κ3) is 3.53. The van der Waals surface area contributed by atoms with Crippen LogP contribution in [-0.4, -0.2) is 45.1 Å². The van der Waals surface area contributed by atoms with Gasteiger partial charge in [-0.2, -0.15) is 0 Å². The van der Waals surface area contributed by atoms with E-state index in [-0.39, 0.29) is 17.4 Å². The average Bonchev–Trinajstić information content (AvgIpc) is 3.05. The number of nitrogens with two attached hydrogens (primary N) is 2. The van der Waals surface area contributed by atoms with Crippen LogP contribution in [0.1, 0.15) is 0 Å². The van der Waals surface area contributed by atoms with Gasteiger partial charge in [-0.05, 0) is 0 Å². The molecule has 0 saturated carbocycles. The third-order valence-corrected chi connectivity index (χ3v) is 2.49. The van der Waals surface area contributed by atoms with Crippen molar-refractivity contribution in [1.29, 1.82) is 0 Å². The molecule has 2 aromatic heterocycles. The molecule has 120 valence electrons. The number of rotatable bonds is 4. The van der Waals surface area contributed by atoms with E-state index in [0.29, 0.717) is 5.01 Å². The van der Waals surface area contributed by atoms with E-state index in [2.05, 4.69) is 14.7 Å². The maximum atomic E-state index is 12.0. The number of imidazole rings is 1. The minimum absolute atomic E-state index is 0.0908. The van der Waals surface area contributed by atoms with Gasteiger partial charge in [-0.25, -0.2) is 25.2 Å². The van der Waals surface area contributed by atoms with Gasteiger partial charge in [0.1, 0.15) is 18.4 Å². The fraction of sp³-hybridized carbons (Fsp3) is 0.300. The van der Waals surface area contributed by atoms with Gasteiger partial charge in [0.2, 0.25) is 5.89 Å². The van der Waals surface area contributed by atoms with Crippen LogP contribution < -0.4 is 11.6 Å². The molecule has 0 bridgehead atoms. The van der Waals surface area contributed by atoms with Crippen molar-refractivity contribution in [3.05, 3.63) is 18.8 Å². The Kier molecular flexibility index (Phi) is 4.32. The van der Waals surface area contributed by atoms with Crippen LogP contribution >= 0.6 is 0 Å². The second-order valence-corrected chi connectivity index (χ2v) is 3.96. The Hall–Kier alpha value is -2.60. The van der Waals surface area contributed by atoms with Gasteiger partial charge in [-0.1, -0.05) is 0 Å². The SMILES string of the molecule is Nc1c(-c2ncco2)ncn1C(=O)N(N)CCOC(F)(F)F. The van der Waals surface area contributed by atoms with Crippen LogP contribution in [0.15, 0.2) is 23.2 Å². The van der Waals surface area contributed by atoms with Crippen molar-refractivity contribution in [2.45, 2.75) is 6.36 Å². The molecule has 22 heavy (non-hydrogen) atoms. The number of hydrogen-bond acceptors (Lipinski definition) is 7. The van der Waals surface area contributed by atoms with E-state index in [4.69, 9.17) is 16.0 Å². The molecule has 0 aliphatic heterocycles. The van der Waals surface area contributed by atoms with E-state index in [1.165, 1.54) is 12.5 Å². The second-order valence-electron chi connectivity index (χ2n) is 3.96. The van der Waals surface area contributed by atoms with Gasteiger partial charge in [0.15, 0.2) is 5.69 Å². The van der Waals surface area contributed by atoms with Gasteiger partial charge >= 0.3 is 12.4 Å². The highest BCUT2D eigenvalue weighted by atomic mass is 19.4. The summed E-state index contributed by atoms with van der Waals surface area (Å²) in [6.07, 6.45) is -1.09. The van der Waals surface area contributed by atoms with Crippen LogP contribution in [-0.2, 0) is 4.74 Å². The number of aromatic nitrogens is 3. The van der Waals surface area contributed by atoms with E-state index in [1.54, 1.807) is 0 Å². The molecule has 12 heteroatoms. The Morgan fingerprint density at radius 1 is 1.45 bits per heavy atom. The number of carbonyl (C=O) groups is 1. The van der Waals surface area contributed by atoms with E-state index in [9.17, 15) is 18.0 Å². The lowest BCUT2D eigenvalue weighted by molar-refractivity contribution is -0.324. The molecular weight excluding hydrogens is 309 g/mol. The summed E-state index contributed by atoms with van der Waals surface area (Å²) < 4.78 is 44.9. The molecule has 0 fully saturated rings.